The van der Waals surface area contributed by atoms with Crippen LogP contribution in [0.25, 0.3) is 11.1 Å². The third-order valence-electron chi connectivity index (χ3n) is 3.92. The van der Waals surface area contributed by atoms with Gasteiger partial charge in [0.2, 0.25) is 0 Å². The van der Waals surface area contributed by atoms with E-state index in [0.717, 1.165) is 19.4 Å². The lowest BCUT2D eigenvalue weighted by Gasteiger charge is -2.20. The molecule has 0 aliphatic carbocycles. The maximum Gasteiger partial charge on any atom is 0.339 e. The molecule has 0 radical (unpaired) electrons. The third kappa shape index (κ3) is 3.11. The molecule has 3 rings (SSSR count). The minimum absolute atomic E-state index is 0.107. The summed E-state index contributed by atoms with van der Waals surface area (Å²) >= 11 is 0. The summed E-state index contributed by atoms with van der Waals surface area (Å²) in [6.45, 7) is 0. The molecule has 144 valence electrons. The van der Waals surface area contributed by atoms with Gasteiger partial charge in [-0.25, -0.2) is 22.9 Å². The summed E-state index contributed by atoms with van der Waals surface area (Å²) < 4.78 is 64.1. The molecule has 0 aliphatic heterocycles. The van der Waals surface area contributed by atoms with Gasteiger partial charge in [0.15, 0.2) is 34.7 Å². The van der Waals surface area contributed by atoms with E-state index in [-0.39, 0.29) is 5.56 Å². The van der Waals surface area contributed by atoms with Crippen LogP contribution in [0, 0.1) is 17.5 Å². The van der Waals surface area contributed by atoms with Gasteiger partial charge in [-0.1, -0.05) is 34.8 Å². The number of aromatic carboxylic acids is 1. The number of carboxylic acids is 1. The predicted molar refractivity (Wildman–Crippen MR) is 92.7 cm³/mol. The molecule has 28 heavy (non-hydrogen) atoms. The smallest absolute Gasteiger partial charge is 0.339 e. The normalized spacial score (nSPS) is 10.6. The topological polar surface area (TPSA) is 62.7 Å². The van der Waals surface area contributed by atoms with Crippen molar-refractivity contribution in [2.75, 3.05) is 12.2 Å². The van der Waals surface area contributed by atoms with E-state index in [1.54, 1.807) is 6.07 Å². The van der Waals surface area contributed by atoms with Gasteiger partial charge in [0.05, 0.1) is 12.7 Å². The summed E-state index contributed by atoms with van der Waals surface area (Å²) in [6.07, 6.45) is 1.02. The van der Waals surface area contributed by atoms with Crippen molar-refractivity contribution in [2.45, 2.75) is 0 Å². The van der Waals surface area contributed by atoms with Crippen LogP contribution in [0.4, 0.5) is 29.2 Å². The van der Waals surface area contributed by atoms with E-state index in [2.05, 4.69) is 4.98 Å². The lowest BCUT2D eigenvalue weighted by Crippen LogP contribution is -2.16. The monoisotopic (exact) mass is 392 g/mol. The fraction of sp³-hybridized carbons (Fsp3) is 0.0526. The average molecular weight is 392 g/mol. The zero-order valence-electron chi connectivity index (χ0n) is 14.3. The Morgan fingerprint density at radius 1 is 1.04 bits per heavy atom. The molecular formula is C19H12F4N2O3. The van der Waals surface area contributed by atoms with Gasteiger partial charge in [-0.05, 0) is 17.7 Å². The molecular weight excluding hydrogens is 380 g/mol. The Kier molecular flexibility index (Phi) is 5.16. The zero-order valence-corrected chi connectivity index (χ0v) is 14.3. The van der Waals surface area contributed by atoms with Gasteiger partial charge in [0.25, 0.3) is 0 Å². The molecule has 0 unspecified atom stereocenters. The first kappa shape index (κ1) is 19.2. The summed E-state index contributed by atoms with van der Waals surface area (Å²) in [6, 6.07) is 9.64. The van der Waals surface area contributed by atoms with E-state index in [0.29, 0.717) is 0 Å². The second-order valence-corrected chi connectivity index (χ2v) is 5.53. The van der Waals surface area contributed by atoms with Crippen molar-refractivity contribution in [1.82, 2.24) is 4.98 Å². The highest BCUT2D eigenvalue weighted by molar-refractivity contribution is 5.94. The first-order chi connectivity index (χ1) is 13.4. The number of hydrogen-bond acceptors (Lipinski definition) is 4. The van der Waals surface area contributed by atoms with Gasteiger partial charge in [0, 0.05) is 6.20 Å². The summed E-state index contributed by atoms with van der Waals surface area (Å²) in [4.78, 5) is 14.7. The fourth-order valence-electron chi connectivity index (χ4n) is 2.68. The minimum atomic E-state index is -1.86. The summed E-state index contributed by atoms with van der Waals surface area (Å²) in [5, 5.41) is 8.47. The molecule has 2 aromatic carbocycles. The predicted octanol–water partition coefficient (Wildman–Crippen LogP) is 4.90. The number of halogens is 4. The molecule has 1 heterocycles. The van der Waals surface area contributed by atoms with E-state index in [1.807, 2.05) is 0 Å². The van der Waals surface area contributed by atoms with Crippen LogP contribution in [0.2, 0.25) is 0 Å². The SMILES string of the molecule is COc1c(F)c(N(F)c2ncccc2C(=O)O)c(F)c(F)c1-c1ccccc1. The highest BCUT2D eigenvalue weighted by Gasteiger charge is 2.32. The van der Waals surface area contributed by atoms with Crippen LogP contribution >= 0.6 is 0 Å². The lowest BCUT2D eigenvalue weighted by molar-refractivity contribution is 0.0696. The molecule has 0 spiro atoms. The number of carbonyl (C=O) groups is 1. The molecule has 0 amide bonds. The highest BCUT2D eigenvalue weighted by Crippen LogP contribution is 2.44. The summed E-state index contributed by atoms with van der Waals surface area (Å²) in [5.41, 5.74) is -2.57. The lowest BCUT2D eigenvalue weighted by atomic mass is 10.0. The van der Waals surface area contributed by atoms with Gasteiger partial charge >= 0.3 is 5.97 Å². The van der Waals surface area contributed by atoms with Crippen molar-refractivity contribution in [3.05, 3.63) is 71.7 Å². The van der Waals surface area contributed by atoms with Crippen molar-refractivity contribution < 1.29 is 32.3 Å². The van der Waals surface area contributed by atoms with Gasteiger partial charge in [0.1, 0.15) is 5.56 Å². The van der Waals surface area contributed by atoms with E-state index in [9.17, 15) is 22.4 Å². The van der Waals surface area contributed by atoms with Crippen LogP contribution < -0.4 is 9.86 Å². The zero-order chi connectivity index (χ0) is 20.4. The van der Waals surface area contributed by atoms with Crippen molar-refractivity contribution >= 4 is 17.5 Å². The molecule has 3 aromatic rings. The highest BCUT2D eigenvalue weighted by atomic mass is 19.2. The molecule has 1 aromatic heterocycles. The Morgan fingerprint density at radius 2 is 1.71 bits per heavy atom. The van der Waals surface area contributed by atoms with E-state index in [4.69, 9.17) is 9.84 Å². The number of carboxylic acid groups (broad SMARTS) is 1. The van der Waals surface area contributed by atoms with Gasteiger partial charge < -0.3 is 9.84 Å². The first-order valence-electron chi connectivity index (χ1n) is 7.82. The third-order valence-corrected chi connectivity index (χ3v) is 3.92. The van der Waals surface area contributed by atoms with Crippen molar-refractivity contribution in [3.8, 4) is 16.9 Å². The molecule has 0 saturated heterocycles. The fourth-order valence-corrected chi connectivity index (χ4v) is 2.68. The Bertz CT molecular complexity index is 1050. The maximum absolute atomic E-state index is 14.9. The van der Waals surface area contributed by atoms with Crippen molar-refractivity contribution in [1.29, 1.82) is 0 Å². The first-order valence-corrected chi connectivity index (χ1v) is 7.82. The largest absolute Gasteiger partial charge is 0.493 e. The molecule has 9 heteroatoms. The number of nitrogens with zero attached hydrogens (tertiary/aromatic N) is 2. The van der Waals surface area contributed by atoms with Crippen LogP contribution in [0.15, 0.2) is 48.7 Å². The molecule has 0 aliphatic rings. The average Bonchev–Trinajstić information content (AvgIpc) is 2.71. The van der Waals surface area contributed by atoms with Gasteiger partial charge in [-0.3, -0.25) is 0 Å². The number of rotatable bonds is 5. The molecule has 5 nitrogen and oxygen atoms in total. The van der Waals surface area contributed by atoms with Crippen LogP contribution in [0.1, 0.15) is 10.4 Å². The standard InChI is InChI=1S/C19H12F4N2O3/c1-28-17-12(10-6-3-2-4-7-10)13(20)14(21)16(15(17)22)25(23)18-11(19(26)27)8-5-9-24-18/h2-9H,1H3,(H,26,27). The number of anilines is 2. The molecule has 0 atom stereocenters. The molecule has 0 saturated carbocycles. The second-order valence-electron chi connectivity index (χ2n) is 5.53. The van der Waals surface area contributed by atoms with Gasteiger partial charge in [-0.15, -0.1) is 0 Å². The summed E-state index contributed by atoms with van der Waals surface area (Å²) in [7, 11) is 1.01. The van der Waals surface area contributed by atoms with Crippen molar-refractivity contribution in [3.63, 3.8) is 0 Å². The Labute approximate surface area is 156 Å². The summed E-state index contributed by atoms with van der Waals surface area (Å²) in [5.74, 6) is -8.21. The van der Waals surface area contributed by atoms with E-state index in [1.165, 1.54) is 30.3 Å². The Hall–Kier alpha value is -3.62. The number of pyridine rings is 1. The Balaban J connectivity index is 2.27. The van der Waals surface area contributed by atoms with Gasteiger partial charge in [-0.2, -0.15) is 5.12 Å². The number of ether oxygens (including phenoxy) is 1. The number of methoxy groups -OCH3 is 1. The van der Waals surface area contributed by atoms with Crippen LogP contribution in [0.5, 0.6) is 5.75 Å². The van der Waals surface area contributed by atoms with Crippen LogP contribution in [-0.4, -0.2) is 23.2 Å². The molecule has 1 N–H and O–H groups in total. The maximum atomic E-state index is 14.9. The molecule has 0 bridgehead atoms. The minimum Gasteiger partial charge on any atom is -0.493 e. The number of hydrogen-bond donors (Lipinski definition) is 1. The van der Waals surface area contributed by atoms with Crippen LogP contribution in [-0.2, 0) is 0 Å². The Morgan fingerprint density at radius 3 is 2.32 bits per heavy atom. The van der Waals surface area contributed by atoms with Crippen molar-refractivity contribution in [2.24, 2.45) is 0 Å². The van der Waals surface area contributed by atoms with E-state index >= 15 is 0 Å². The number of benzene rings is 2. The quantitative estimate of drug-likeness (QED) is 0.380. The van der Waals surface area contributed by atoms with Crippen LogP contribution in [0.3, 0.4) is 0 Å². The molecule has 0 fully saturated rings. The second kappa shape index (κ2) is 7.55. The van der Waals surface area contributed by atoms with E-state index < -0.39 is 56.9 Å². The number of aromatic nitrogens is 1.